The standard InChI is InChI=1S/C18H23N5O2S/c1-18(2,3)23-17-15(10-22-23)16(20-12-21-17)19-9-13-6-5-7-14(8-13)11-26(4,24)25/h5-8,10,12H,9,11H2,1-4H3,(H,19,20,21). The Hall–Kier alpha value is -2.48. The summed E-state index contributed by atoms with van der Waals surface area (Å²) in [6, 6.07) is 7.53. The van der Waals surface area contributed by atoms with E-state index in [1.807, 2.05) is 28.9 Å². The summed E-state index contributed by atoms with van der Waals surface area (Å²) in [4.78, 5) is 8.69. The molecular formula is C18H23N5O2S. The molecule has 8 heteroatoms. The van der Waals surface area contributed by atoms with Gasteiger partial charge in [0.15, 0.2) is 15.5 Å². The van der Waals surface area contributed by atoms with Gasteiger partial charge >= 0.3 is 0 Å². The molecule has 0 saturated carbocycles. The van der Waals surface area contributed by atoms with Crippen molar-refractivity contribution in [3.05, 3.63) is 47.9 Å². The van der Waals surface area contributed by atoms with Crippen molar-refractivity contribution in [2.45, 2.75) is 38.6 Å². The van der Waals surface area contributed by atoms with Gasteiger partial charge in [0.05, 0.1) is 22.9 Å². The van der Waals surface area contributed by atoms with Crippen LogP contribution in [-0.2, 0) is 27.7 Å². The number of fused-ring (bicyclic) bond motifs is 1. The number of hydrogen-bond donors (Lipinski definition) is 1. The first-order valence-corrected chi connectivity index (χ1v) is 10.4. The van der Waals surface area contributed by atoms with Gasteiger partial charge in [0.25, 0.3) is 0 Å². The van der Waals surface area contributed by atoms with Crippen LogP contribution in [0.4, 0.5) is 5.82 Å². The van der Waals surface area contributed by atoms with Crippen molar-refractivity contribution in [1.82, 2.24) is 19.7 Å². The Labute approximate surface area is 153 Å². The van der Waals surface area contributed by atoms with Crippen LogP contribution in [0.5, 0.6) is 0 Å². The summed E-state index contributed by atoms with van der Waals surface area (Å²) in [6.07, 6.45) is 4.53. The van der Waals surface area contributed by atoms with Crippen molar-refractivity contribution in [1.29, 1.82) is 0 Å². The second kappa shape index (κ2) is 6.68. The molecule has 0 fully saturated rings. The summed E-state index contributed by atoms with van der Waals surface area (Å²) in [7, 11) is -3.05. The molecule has 0 radical (unpaired) electrons. The van der Waals surface area contributed by atoms with Crippen LogP contribution in [-0.4, -0.2) is 34.4 Å². The molecule has 0 aliphatic carbocycles. The first-order chi connectivity index (χ1) is 12.1. The van der Waals surface area contributed by atoms with Gasteiger partial charge in [0.1, 0.15) is 12.1 Å². The fraction of sp³-hybridized carbons (Fsp3) is 0.389. The van der Waals surface area contributed by atoms with Gasteiger partial charge in [0.2, 0.25) is 0 Å². The predicted octanol–water partition coefficient (Wildman–Crippen LogP) is 2.74. The van der Waals surface area contributed by atoms with E-state index < -0.39 is 9.84 Å². The van der Waals surface area contributed by atoms with Crippen molar-refractivity contribution in [3.8, 4) is 0 Å². The quantitative estimate of drug-likeness (QED) is 0.740. The highest BCUT2D eigenvalue weighted by Crippen LogP contribution is 2.24. The number of benzene rings is 1. The summed E-state index contributed by atoms with van der Waals surface area (Å²) >= 11 is 0. The third-order valence-corrected chi connectivity index (χ3v) is 4.74. The molecule has 0 atom stereocenters. The minimum atomic E-state index is -3.05. The highest BCUT2D eigenvalue weighted by molar-refractivity contribution is 7.89. The summed E-state index contributed by atoms with van der Waals surface area (Å²) in [5, 5.41) is 8.61. The number of aromatic nitrogens is 4. The first-order valence-electron chi connectivity index (χ1n) is 8.32. The van der Waals surface area contributed by atoms with Crippen molar-refractivity contribution < 1.29 is 8.42 Å². The van der Waals surface area contributed by atoms with E-state index in [2.05, 4.69) is 41.2 Å². The number of nitrogens with zero attached hydrogens (tertiary/aromatic N) is 4. The van der Waals surface area contributed by atoms with E-state index in [0.717, 1.165) is 22.2 Å². The number of sulfone groups is 1. The molecule has 3 rings (SSSR count). The molecule has 0 unspecified atom stereocenters. The van der Waals surface area contributed by atoms with Gasteiger partial charge in [-0.05, 0) is 31.9 Å². The van der Waals surface area contributed by atoms with Crippen LogP contribution >= 0.6 is 0 Å². The molecule has 2 heterocycles. The molecule has 2 aromatic heterocycles. The van der Waals surface area contributed by atoms with Crippen LogP contribution in [0.2, 0.25) is 0 Å². The van der Waals surface area contributed by atoms with E-state index in [4.69, 9.17) is 0 Å². The monoisotopic (exact) mass is 373 g/mol. The van der Waals surface area contributed by atoms with E-state index in [1.165, 1.54) is 12.6 Å². The number of nitrogens with one attached hydrogen (secondary N) is 1. The third kappa shape index (κ3) is 4.19. The Bertz CT molecular complexity index is 1040. The Morgan fingerprint density at radius 2 is 1.88 bits per heavy atom. The maximum atomic E-state index is 11.5. The van der Waals surface area contributed by atoms with Gasteiger partial charge in [-0.1, -0.05) is 24.3 Å². The topological polar surface area (TPSA) is 89.8 Å². The minimum absolute atomic E-state index is 0.0386. The minimum Gasteiger partial charge on any atom is -0.365 e. The highest BCUT2D eigenvalue weighted by atomic mass is 32.2. The number of rotatable bonds is 5. The summed E-state index contributed by atoms with van der Waals surface area (Å²) in [5.74, 6) is 0.746. The molecule has 1 N–H and O–H groups in total. The maximum absolute atomic E-state index is 11.5. The second-order valence-corrected chi connectivity index (χ2v) is 9.57. The average molecular weight is 373 g/mol. The van der Waals surface area contributed by atoms with Crippen molar-refractivity contribution in [2.75, 3.05) is 11.6 Å². The largest absolute Gasteiger partial charge is 0.365 e. The third-order valence-electron chi connectivity index (χ3n) is 3.88. The lowest BCUT2D eigenvalue weighted by Gasteiger charge is -2.19. The molecule has 3 aromatic rings. The van der Waals surface area contributed by atoms with Gasteiger partial charge in [0, 0.05) is 12.8 Å². The average Bonchev–Trinajstić information content (AvgIpc) is 2.96. The first kappa shape index (κ1) is 18.3. The van der Waals surface area contributed by atoms with Gasteiger partial charge in [-0.2, -0.15) is 5.10 Å². The molecule has 138 valence electrons. The smallest absolute Gasteiger partial charge is 0.163 e. The molecule has 0 saturated heterocycles. The fourth-order valence-electron chi connectivity index (χ4n) is 2.79. The van der Waals surface area contributed by atoms with Gasteiger partial charge in [-0.25, -0.2) is 23.1 Å². The Balaban J connectivity index is 1.83. The molecule has 1 aromatic carbocycles. The lowest BCUT2D eigenvalue weighted by atomic mass is 10.1. The number of anilines is 1. The fourth-order valence-corrected chi connectivity index (χ4v) is 3.58. The lowest BCUT2D eigenvalue weighted by Crippen LogP contribution is -2.23. The van der Waals surface area contributed by atoms with Crippen LogP contribution in [0.15, 0.2) is 36.8 Å². The van der Waals surface area contributed by atoms with Gasteiger partial charge in [-0.3, -0.25) is 0 Å². The Kier molecular flexibility index (Phi) is 4.70. The van der Waals surface area contributed by atoms with E-state index >= 15 is 0 Å². The van der Waals surface area contributed by atoms with Crippen LogP contribution in [0.3, 0.4) is 0 Å². The molecule has 0 aliphatic rings. The van der Waals surface area contributed by atoms with Gasteiger partial charge in [-0.15, -0.1) is 0 Å². The molecule has 0 aliphatic heterocycles. The summed E-state index contributed by atoms with van der Waals surface area (Å²) in [5.41, 5.74) is 2.37. The van der Waals surface area contributed by atoms with Gasteiger partial charge < -0.3 is 5.32 Å². The summed E-state index contributed by atoms with van der Waals surface area (Å²) < 4.78 is 24.8. The molecular weight excluding hydrogens is 350 g/mol. The normalized spacial score (nSPS) is 12.5. The van der Waals surface area contributed by atoms with Crippen LogP contribution < -0.4 is 5.32 Å². The zero-order valence-electron chi connectivity index (χ0n) is 15.4. The number of hydrogen-bond acceptors (Lipinski definition) is 6. The van der Waals surface area contributed by atoms with E-state index in [-0.39, 0.29) is 11.3 Å². The predicted molar refractivity (Wildman–Crippen MR) is 103 cm³/mol. The van der Waals surface area contributed by atoms with Crippen molar-refractivity contribution >= 4 is 26.7 Å². The van der Waals surface area contributed by atoms with Crippen LogP contribution in [0.25, 0.3) is 11.0 Å². The second-order valence-electron chi connectivity index (χ2n) is 7.43. The molecule has 0 bridgehead atoms. The lowest BCUT2D eigenvalue weighted by molar-refractivity contribution is 0.366. The molecule has 0 spiro atoms. The Morgan fingerprint density at radius 3 is 2.58 bits per heavy atom. The van der Waals surface area contributed by atoms with Crippen molar-refractivity contribution in [2.24, 2.45) is 0 Å². The Morgan fingerprint density at radius 1 is 1.15 bits per heavy atom. The maximum Gasteiger partial charge on any atom is 0.163 e. The molecule has 7 nitrogen and oxygen atoms in total. The van der Waals surface area contributed by atoms with Crippen LogP contribution in [0, 0.1) is 0 Å². The zero-order chi connectivity index (χ0) is 18.9. The summed E-state index contributed by atoms with van der Waals surface area (Å²) in [6.45, 7) is 6.75. The SMILES string of the molecule is CC(C)(C)n1ncc2c(NCc3cccc(CS(C)(=O)=O)c3)ncnc21. The molecule has 26 heavy (non-hydrogen) atoms. The van der Waals surface area contributed by atoms with E-state index in [9.17, 15) is 8.42 Å². The molecule has 0 amide bonds. The van der Waals surface area contributed by atoms with Crippen molar-refractivity contribution in [3.63, 3.8) is 0 Å². The van der Waals surface area contributed by atoms with Crippen LogP contribution in [0.1, 0.15) is 31.9 Å². The highest BCUT2D eigenvalue weighted by Gasteiger charge is 2.19. The zero-order valence-corrected chi connectivity index (χ0v) is 16.2. The van der Waals surface area contributed by atoms with E-state index in [1.54, 1.807) is 6.20 Å². The van der Waals surface area contributed by atoms with E-state index in [0.29, 0.717) is 12.4 Å².